The summed E-state index contributed by atoms with van der Waals surface area (Å²) in [5.74, 6) is 0.584. The molecule has 1 aromatic carbocycles. The van der Waals surface area contributed by atoms with Gasteiger partial charge in [0.05, 0.1) is 6.10 Å². The van der Waals surface area contributed by atoms with E-state index in [9.17, 15) is 5.11 Å². The van der Waals surface area contributed by atoms with Crippen molar-refractivity contribution in [3.8, 4) is 0 Å². The fourth-order valence-corrected chi connectivity index (χ4v) is 1.38. The largest absolute Gasteiger partial charge is 0.393 e. The molecule has 0 aliphatic carbocycles. The lowest BCUT2D eigenvalue weighted by molar-refractivity contribution is 0.195. The van der Waals surface area contributed by atoms with Crippen LogP contribution in [-0.2, 0) is 6.42 Å². The van der Waals surface area contributed by atoms with Gasteiger partial charge in [-0.15, -0.1) is 0 Å². The van der Waals surface area contributed by atoms with E-state index in [4.69, 9.17) is 0 Å². The summed E-state index contributed by atoms with van der Waals surface area (Å²) in [7, 11) is 0. The van der Waals surface area contributed by atoms with E-state index in [2.05, 4.69) is 38.1 Å². The first kappa shape index (κ1) is 10.3. The third-order valence-corrected chi connectivity index (χ3v) is 2.18. The Morgan fingerprint density at radius 1 is 1.08 bits per heavy atom. The van der Waals surface area contributed by atoms with Crippen LogP contribution >= 0.6 is 0 Å². The van der Waals surface area contributed by atoms with Gasteiger partial charge in [-0.05, 0) is 30.4 Å². The highest BCUT2D eigenvalue weighted by Crippen LogP contribution is 2.15. The van der Waals surface area contributed by atoms with E-state index in [1.165, 1.54) is 11.1 Å². The molecule has 0 amide bonds. The first-order valence-corrected chi connectivity index (χ1v) is 4.86. The lowest BCUT2D eigenvalue weighted by Gasteiger charge is -2.07. The minimum absolute atomic E-state index is 0.245. The van der Waals surface area contributed by atoms with Gasteiger partial charge in [-0.2, -0.15) is 0 Å². The molecule has 0 unspecified atom stereocenters. The van der Waals surface area contributed by atoms with E-state index in [-0.39, 0.29) is 6.10 Å². The zero-order chi connectivity index (χ0) is 9.84. The number of hydrogen-bond donors (Lipinski definition) is 1. The third-order valence-electron chi connectivity index (χ3n) is 2.18. The molecule has 0 radical (unpaired) electrons. The van der Waals surface area contributed by atoms with Crippen LogP contribution in [0, 0.1) is 0 Å². The van der Waals surface area contributed by atoms with Gasteiger partial charge in [-0.25, -0.2) is 0 Å². The molecule has 13 heavy (non-hydrogen) atoms. The summed E-state index contributed by atoms with van der Waals surface area (Å²) in [6, 6.07) is 8.48. The minimum Gasteiger partial charge on any atom is -0.393 e. The summed E-state index contributed by atoms with van der Waals surface area (Å²) in [5.41, 5.74) is 2.56. The first-order chi connectivity index (χ1) is 6.09. The maximum Gasteiger partial charge on any atom is 0.0552 e. The molecule has 1 aromatic rings. The van der Waals surface area contributed by atoms with E-state index in [1.54, 1.807) is 0 Å². The molecule has 1 rings (SSSR count). The summed E-state index contributed by atoms with van der Waals surface area (Å²) in [6.45, 7) is 6.18. The van der Waals surface area contributed by atoms with Crippen molar-refractivity contribution in [2.24, 2.45) is 0 Å². The lowest BCUT2D eigenvalue weighted by Crippen LogP contribution is -2.03. The molecule has 1 nitrogen and oxygen atoms in total. The topological polar surface area (TPSA) is 20.2 Å². The molecule has 72 valence electrons. The van der Waals surface area contributed by atoms with Gasteiger partial charge in [0.25, 0.3) is 0 Å². The highest BCUT2D eigenvalue weighted by molar-refractivity contribution is 5.24. The van der Waals surface area contributed by atoms with E-state index in [1.807, 2.05) is 6.92 Å². The van der Waals surface area contributed by atoms with Crippen LogP contribution in [0.25, 0.3) is 0 Å². The molecule has 0 aromatic heterocycles. The van der Waals surface area contributed by atoms with Crippen molar-refractivity contribution in [2.75, 3.05) is 0 Å². The molecule has 1 heteroatoms. The van der Waals surface area contributed by atoms with Crippen LogP contribution in [-0.4, -0.2) is 11.2 Å². The first-order valence-electron chi connectivity index (χ1n) is 4.86. The number of hydrogen-bond acceptors (Lipinski definition) is 1. The van der Waals surface area contributed by atoms with E-state index in [0.717, 1.165) is 6.42 Å². The molecule has 0 heterocycles. The van der Waals surface area contributed by atoms with Gasteiger partial charge in [0, 0.05) is 0 Å². The number of benzene rings is 1. The molecule has 0 saturated heterocycles. The third kappa shape index (κ3) is 3.19. The molecular weight excluding hydrogens is 160 g/mol. The molecule has 0 saturated carbocycles. The molecular formula is C12H18O. The summed E-state index contributed by atoms with van der Waals surface area (Å²) >= 11 is 0. The van der Waals surface area contributed by atoms with Crippen LogP contribution in [0.15, 0.2) is 24.3 Å². The highest BCUT2D eigenvalue weighted by atomic mass is 16.3. The van der Waals surface area contributed by atoms with Gasteiger partial charge >= 0.3 is 0 Å². The van der Waals surface area contributed by atoms with Crippen LogP contribution in [0.5, 0.6) is 0 Å². The van der Waals surface area contributed by atoms with Crippen molar-refractivity contribution in [1.82, 2.24) is 0 Å². The molecule has 0 bridgehead atoms. The SMILES string of the molecule is CC(C)c1ccc(C[C@H](C)O)cc1. The normalized spacial score (nSPS) is 13.3. The monoisotopic (exact) mass is 178 g/mol. The summed E-state index contributed by atoms with van der Waals surface area (Å²) < 4.78 is 0. The summed E-state index contributed by atoms with van der Waals surface area (Å²) in [5, 5.41) is 9.18. The zero-order valence-electron chi connectivity index (χ0n) is 8.62. The van der Waals surface area contributed by atoms with Crippen molar-refractivity contribution in [3.63, 3.8) is 0 Å². The summed E-state index contributed by atoms with van der Waals surface area (Å²) in [4.78, 5) is 0. The predicted octanol–water partition coefficient (Wildman–Crippen LogP) is 2.73. The lowest BCUT2D eigenvalue weighted by atomic mass is 10.00. The summed E-state index contributed by atoms with van der Waals surface area (Å²) in [6.07, 6.45) is 0.503. The van der Waals surface area contributed by atoms with Gasteiger partial charge in [-0.3, -0.25) is 0 Å². The van der Waals surface area contributed by atoms with E-state index in [0.29, 0.717) is 5.92 Å². The zero-order valence-corrected chi connectivity index (χ0v) is 8.62. The Morgan fingerprint density at radius 2 is 1.62 bits per heavy atom. The van der Waals surface area contributed by atoms with Gasteiger partial charge in [0.15, 0.2) is 0 Å². The van der Waals surface area contributed by atoms with Crippen LogP contribution in [0.4, 0.5) is 0 Å². The van der Waals surface area contributed by atoms with Crippen LogP contribution in [0.1, 0.15) is 37.8 Å². The average molecular weight is 178 g/mol. The Bertz CT molecular complexity index is 246. The molecule has 0 fully saturated rings. The highest BCUT2D eigenvalue weighted by Gasteiger charge is 2.00. The number of aliphatic hydroxyl groups excluding tert-OH is 1. The van der Waals surface area contributed by atoms with Crippen LogP contribution < -0.4 is 0 Å². The smallest absolute Gasteiger partial charge is 0.0552 e. The second-order valence-corrected chi connectivity index (χ2v) is 3.95. The fraction of sp³-hybridized carbons (Fsp3) is 0.500. The second-order valence-electron chi connectivity index (χ2n) is 3.95. The molecule has 1 atom stereocenters. The Balaban J connectivity index is 2.70. The molecule has 0 aliphatic heterocycles. The van der Waals surface area contributed by atoms with Crippen molar-refractivity contribution >= 4 is 0 Å². The standard InChI is InChI=1S/C12H18O/c1-9(2)12-6-4-11(5-7-12)8-10(3)13/h4-7,9-10,13H,8H2,1-3H3/t10-/m0/s1. The van der Waals surface area contributed by atoms with Gasteiger partial charge in [-0.1, -0.05) is 38.1 Å². The second kappa shape index (κ2) is 4.43. The van der Waals surface area contributed by atoms with Crippen molar-refractivity contribution < 1.29 is 5.11 Å². The number of aliphatic hydroxyl groups is 1. The van der Waals surface area contributed by atoms with Crippen molar-refractivity contribution in [3.05, 3.63) is 35.4 Å². The van der Waals surface area contributed by atoms with Gasteiger partial charge in [0.1, 0.15) is 0 Å². The molecule has 1 N–H and O–H groups in total. The van der Waals surface area contributed by atoms with Crippen molar-refractivity contribution in [2.45, 2.75) is 39.2 Å². The predicted molar refractivity (Wildman–Crippen MR) is 55.9 cm³/mol. The van der Waals surface area contributed by atoms with E-state index >= 15 is 0 Å². The van der Waals surface area contributed by atoms with Crippen molar-refractivity contribution in [1.29, 1.82) is 0 Å². The van der Waals surface area contributed by atoms with E-state index < -0.39 is 0 Å². The maximum atomic E-state index is 9.18. The quantitative estimate of drug-likeness (QED) is 0.754. The fourth-order valence-electron chi connectivity index (χ4n) is 1.38. The maximum absolute atomic E-state index is 9.18. The average Bonchev–Trinajstić information content (AvgIpc) is 2.04. The molecule has 0 aliphatic rings. The number of rotatable bonds is 3. The van der Waals surface area contributed by atoms with Gasteiger partial charge < -0.3 is 5.11 Å². The Morgan fingerprint density at radius 3 is 2.00 bits per heavy atom. The Kier molecular flexibility index (Phi) is 3.49. The minimum atomic E-state index is -0.245. The van der Waals surface area contributed by atoms with Gasteiger partial charge in [0.2, 0.25) is 0 Å². The molecule has 0 spiro atoms. The van der Waals surface area contributed by atoms with Crippen LogP contribution in [0.2, 0.25) is 0 Å². The Labute approximate surface area is 80.4 Å². The Hall–Kier alpha value is -0.820. The van der Waals surface area contributed by atoms with Crippen LogP contribution in [0.3, 0.4) is 0 Å².